The lowest BCUT2D eigenvalue weighted by molar-refractivity contribution is -0.141. The van der Waals surface area contributed by atoms with Crippen LogP contribution in [-0.4, -0.2) is 41.1 Å². The average Bonchev–Trinajstić information content (AvgIpc) is 2.30. The third-order valence-corrected chi connectivity index (χ3v) is 4.56. The number of amides is 1. The molecular weight excluding hydrogens is 228 g/mol. The van der Waals surface area contributed by atoms with Gasteiger partial charge in [0.1, 0.15) is 0 Å². The monoisotopic (exact) mass is 254 g/mol. The first-order chi connectivity index (χ1) is 8.47. The summed E-state index contributed by atoms with van der Waals surface area (Å²) in [5.41, 5.74) is 6.01. The molecule has 1 heterocycles. The van der Waals surface area contributed by atoms with Crippen molar-refractivity contribution in [3.8, 4) is 0 Å². The van der Waals surface area contributed by atoms with E-state index in [4.69, 9.17) is 5.73 Å². The number of aliphatic hydroxyl groups excluding tert-OH is 1. The molecule has 18 heavy (non-hydrogen) atoms. The minimum atomic E-state index is -0.364. The van der Waals surface area contributed by atoms with Gasteiger partial charge in [-0.05, 0) is 37.5 Å². The maximum absolute atomic E-state index is 12.5. The van der Waals surface area contributed by atoms with Gasteiger partial charge in [0.25, 0.3) is 0 Å². The number of hydrogen-bond donors (Lipinski definition) is 2. The van der Waals surface area contributed by atoms with Gasteiger partial charge < -0.3 is 15.7 Å². The van der Waals surface area contributed by atoms with Gasteiger partial charge in [0.2, 0.25) is 5.91 Å². The van der Waals surface area contributed by atoms with Crippen LogP contribution >= 0.6 is 0 Å². The van der Waals surface area contributed by atoms with Crippen LogP contribution < -0.4 is 5.73 Å². The summed E-state index contributed by atoms with van der Waals surface area (Å²) in [6.45, 7) is 5.51. The van der Waals surface area contributed by atoms with Crippen molar-refractivity contribution in [2.45, 2.75) is 51.7 Å². The van der Waals surface area contributed by atoms with Crippen molar-refractivity contribution >= 4 is 5.91 Å². The highest BCUT2D eigenvalue weighted by Crippen LogP contribution is 2.30. The second-order valence-electron chi connectivity index (χ2n) is 6.39. The van der Waals surface area contributed by atoms with Crippen LogP contribution in [-0.2, 0) is 4.79 Å². The van der Waals surface area contributed by atoms with Crippen molar-refractivity contribution in [1.29, 1.82) is 0 Å². The Kier molecular flexibility index (Phi) is 4.28. The molecule has 3 N–H and O–H groups in total. The molecule has 104 valence electrons. The van der Waals surface area contributed by atoms with Crippen LogP contribution in [0.1, 0.15) is 39.5 Å². The van der Waals surface area contributed by atoms with Gasteiger partial charge in [0.15, 0.2) is 0 Å². The number of rotatable bonds is 1. The maximum Gasteiger partial charge on any atom is 0.225 e. The van der Waals surface area contributed by atoms with E-state index in [0.717, 1.165) is 32.2 Å². The molecule has 5 atom stereocenters. The standard InChI is InChI=1S/C14H26N2O2/c1-9-5-11(7-12(15)6-9)14(18)16-4-3-10(2)13(17)8-16/h9-13,17H,3-8,15H2,1-2H3. The summed E-state index contributed by atoms with van der Waals surface area (Å²) in [6.07, 6.45) is 3.34. The number of nitrogens with zero attached hydrogens (tertiary/aromatic N) is 1. The second-order valence-corrected chi connectivity index (χ2v) is 6.39. The molecule has 1 amide bonds. The number of hydrogen-bond acceptors (Lipinski definition) is 3. The third kappa shape index (κ3) is 3.04. The van der Waals surface area contributed by atoms with Crippen LogP contribution in [0, 0.1) is 17.8 Å². The predicted octanol–water partition coefficient (Wildman–Crippen LogP) is 0.979. The first kappa shape index (κ1) is 13.8. The number of likely N-dealkylation sites (tertiary alicyclic amines) is 1. The Labute approximate surface area is 110 Å². The van der Waals surface area contributed by atoms with Crippen molar-refractivity contribution in [3.05, 3.63) is 0 Å². The molecule has 1 saturated carbocycles. The number of carbonyl (C=O) groups excluding carboxylic acids is 1. The average molecular weight is 254 g/mol. The van der Waals surface area contributed by atoms with Crippen LogP contribution in [0.3, 0.4) is 0 Å². The highest BCUT2D eigenvalue weighted by Gasteiger charge is 2.34. The van der Waals surface area contributed by atoms with E-state index in [0.29, 0.717) is 18.4 Å². The molecule has 0 aromatic rings. The largest absolute Gasteiger partial charge is 0.391 e. The van der Waals surface area contributed by atoms with Crippen molar-refractivity contribution in [2.24, 2.45) is 23.5 Å². The normalized spacial score (nSPS) is 41.8. The van der Waals surface area contributed by atoms with Crippen molar-refractivity contribution < 1.29 is 9.90 Å². The summed E-state index contributed by atoms with van der Waals surface area (Å²) in [4.78, 5) is 14.3. The molecule has 1 saturated heterocycles. The summed E-state index contributed by atoms with van der Waals surface area (Å²) in [5, 5.41) is 9.88. The van der Waals surface area contributed by atoms with Gasteiger partial charge >= 0.3 is 0 Å². The number of carbonyl (C=O) groups is 1. The van der Waals surface area contributed by atoms with Crippen LogP contribution in [0.2, 0.25) is 0 Å². The van der Waals surface area contributed by atoms with E-state index >= 15 is 0 Å². The minimum absolute atomic E-state index is 0.0735. The Morgan fingerprint density at radius 3 is 2.61 bits per heavy atom. The SMILES string of the molecule is CC1CC(N)CC(C(=O)N2CCC(C)C(O)C2)C1. The van der Waals surface area contributed by atoms with E-state index in [1.54, 1.807) is 0 Å². The Bertz CT molecular complexity index is 298. The van der Waals surface area contributed by atoms with Crippen molar-refractivity contribution in [3.63, 3.8) is 0 Å². The van der Waals surface area contributed by atoms with Crippen LogP contribution in [0.15, 0.2) is 0 Å². The van der Waals surface area contributed by atoms with Crippen LogP contribution in [0.4, 0.5) is 0 Å². The van der Waals surface area contributed by atoms with Gasteiger partial charge in [-0.2, -0.15) is 0 Å². The zero-order valence-electron chi connectivity index (χ0n) is 11.5. The smallest absolute Gasteiger partial charge is 0.225 e. The van der Waals surface area contributed by atoms with Crippen LogP contribution in [0.25, 0.3) is 0 Å². The van der Waals surface area contributed by atoms with Gasteiger partial charge in [-0.25, -0.2) is 0 Å². The Morgan fingerprint density at radius 2 is 2.00 bits per heavy atom. The topological polar surface area (TPSA) is 66.6 Å². The lowest BCUT2D eigenvalue weighted by Gasteiger charge is -2.38. The number of aliphatic hydroxyl groups is 1. The summed E-state index contributed by atoms with van der Waals surface area (Å²) in [6, 6.07) is 0.163. The van der Waals surface area contributed by atoms with E-state index in [1.807, 2.05) is 11.8 Å². The van der Waals surface area contributed by atoms with E-state index in [9.17, 15) is 9.90 Å². The zero-order chi connectivity index (χ0) is 13.3. The quantitative estimate of drug-likeness (QED) is 0.733. The molecule has 2 aliphatic rings. The van der Waals surface area contributed by atoms with E-state index in [1.165, 1.54) is 0 Å². The molecule has 4 nitrogen and oxygen atoms in total. The fourth-order valence-electron chi connectivity index (χ4n) is 3.37. The van der Waals surface area contributed by atoms with Gasteiger partial charge in [-0.1, -0.05) is 13.8 Å². The first-order valence-corrected chi connectivity index (χ1v) is 7.19. The third-order valence-electron chi connectivity index (χ3n) is 4.56. The molecule has 0 radical (unpaired) electrons. The summed E-state index contributed by atoms with van der Waals surface area (Å²) in [7, 11) is 0. The molecule has 2 fully saturated rings. The van der Waals surface area contributed by atoms with Gasteiger partial charge in [-0.15, -0.1) is 0 Å². The maximum atomic E-state index is 12.5. The van der Waals surface area contributed by atoms with Gasteiger partial charge in [-0.3, -0.25) is 4.79 Å². The fraction of sp³-hybridized carbons (Fsp3) is 0.929. The van der Waals surface area contributed by atoms with Gasteiger partial charge in [0, 0.05) is 25.0 Å². The lowest BCUT2D eigenvalue weighted by atomic mass is 9.79. The Balaban J connectivity index is 1.94. The number of piperidine rings is 1. The number of β-amino-alcohol motifs (C(OH)–C–C–N with tert-alkyl or cyclic N) is 1. The first-order valence-electron chi connectivity index (χ1n) is 7.19. The summed E-state index contributed by atoms with van der Waals surface area (Å²) >= 11 is 0. The van der Waals surface area contributed by atoms with Crippen LogP contribution in [0.5, 0.6) is 0 Å². The zero-order valence-corrected chi connectivity index (χ0v) is 11.5. The minimum Gasteiger partial charge on any atom is -0.391 e. The van der Waals surface area contributed by atoms with Crippen molar-refractivity contribution in [1.82, 2.24) is 4.90 Å². The predicted molar refractivity (Wildman–Crippen MR) is 70.8 cm³/mol. The molecule has 0 aromatic heterocycles. The highest BCUT2D eigenvalue weighted by atomic mass is 16.3. The molecule has 4 heteroatoms. The molecule has 0 bridgehead atoms. The van der Waals surface area contributed by atoms with E-state index in [-0.39, 0.29) is 24.0 Å². The molecule has 2 rings (SSSR count). The molecule has 0 aromatic carbocycles. The molecule has 0 spiro atoms. The molecule has 1 aliphatic carbocycles. The van der Waals surface area contributed by atoms with E-state index in [2.05, 4.69) is 6.92 Å². The second kappa shape index (κ2) is 5.57. The van der Waals surface area contributed by atoms with Gasteiger partial charge in [0.05, 0.1) is 6.10 Å². The number of nitrogens with two attached hydrogens (primary N) is 1. The fourth-order valence-corrected chi connectivity index (χ4v) is 3.37. The molecule has 1 aliphatic heterocycles. The lowest BCUT2D eigenvalue weighted by Crippen LogP contribution is -2.49. The van der Waals surface area contributed by atoms with Crippen molar-refractivity contribution in [2.75, 3.05) is 13.1 Å². The Hall–Kier alpha value is -0.610. The molecule has 5 unspecified atom stereocenters. The van der Waals surface area contributed by atoms with E-state index < -0.39 is 0 Å². The molecular formula is C14H26N2O2. The summed E-state index contributed by atoms with van der Waals surface area (Å²) in [5.74, 6) is 1.13. The Morgan fingerprint density at radius 1 is 1.28 bits per heavy atom. The highest BCUT2D eigenvalue weighted by molar-refractivity contribution is 5.79. The summed E-state index contributed by atoms with van der Waals surface area (Å²) < 4.78 is 0.